The Morgan fingerprint density at radius 2 is 1.96 bits per heavy atom. The first-order valence-corrected chi connectivity index (χ1v) is 9.14. The number of hydrogen-bond donors (Lipinski definition) is 0. The van der Waals surface area contributed by atoms with Gasteiger partial charge < -0.3 is 19.3 Å². The third kappa shape index (κ3) is 3.05. The van der Waals surface area contributed by atoms with Crippen LogP contribution in [-0.2, 0) is 9.59 Å². The van der Waals surface area contributed by atoms with Crippen LogP contribution in [0.3, 0.4) is 0 Å². The molecule has 6 heteroatoms. The van der Waals surface area contributed by atoms with Crippen molar-refractivity contribution in [1.29, 1.82) is 0 Å². The summed E-state index contributed by atoms with van der Waals surface area (Å²) in [6.07, 6.45) is 3.63. The molecule has 1 aromatic rings. The van der Waals surface area contributed by atoms with Crippen LogP contribution in [0.2, 0.25) is 0 Å². The van der Waals surface area contributed by atoms with Crippen LogP contribution in [0.25, 0.3) is 0 Å². The number of ether oxygens (including phenoxy) is 2. The molecule has 0 spiro atoms. The van der Waals surface area contributed by atoms with Gasteiger partial charge in [-0.25, -0.2) is 0 Å². The van der Waals surface area contributed by atoms with Crippen molar-refractivity contribution in [3.8, 4) is 11.5 Å². The Labute approximate surface area is 147 Å². The Morgan fingerprint density at radius 3 is 2.72 bits per heavy atom. The predicted octanol–water partition coefficient (Wildman–Crippen LogP) is 2.42. The van der Waals surface area contributed by atoms with Gasteiger partial charge in [0.1, 0.15) is 0 Å². The minimum atomic E-state index is -0.240. The van der Waals surface area contributed by atoms with Crippen LogP contribution < -0.4 is 14.4 Å². The highest BCUT2D eigenvalue weighted by atomic mass is 16.7. The van der Waals surface area contributed by atoms with Crippen molar-refractivity contribution in [1.82, 2.24) is 4.90 Å². The Kier molecular flexibility index (Phi) is 4.27. The molecule has 0 bridgehead atoms. The largest absolute Gasteiger partial charge is 0.454 e. The van der Waals surface area contributed by atoms with Crippen molar-refractivity contribution in [2.75, 3.05) is 31.3 Å². The maximum absolute atomic E-state index is 12.8. The summed E-state index contributed by atoms with van der Waals surface area (Å²) in [5.41, 5.74) is 0.772. The molecule has 3 heterocycles. The van der Waals surface area contributed by atoms with Crippen LogP contribution in [0.1, 0.15) is 32.6 Å². The van der Waals surface area contributed by atoms with E-state index in [9.17, 15) is 9.59 Å². The van der Waals surface area contributed by atoms with Crippen molar-refractivity contribution in [3.05, 3.63) is 18.2 Å². The number of amides is 2. The van der Waals surface area contributed by atoms with Crippen LogP contribution >= 0.6 is 0 Å². The fourth-order valence-electron chi connectivity index (χ4n) is 4.00. The van der Waals surface area contributed by atoms with E-state index in [1.807, 2.05) is 23.1 Å². The average molecular weight is 344 g/mol. The highest BCUT2D eigenvalue weighted by Crippen LogP contribution is 2.37. The van der Waals surface area contributed by atoms with Crippen LogP contribution in [0, 0.1) is 11.8 Å². The summed E-state index contributed by atoms with van der Waals surface area (Å²) >= 11 is 0. The lowest BCUT2D eigenvalue weighted by molar-refractivity contribution is -0.137. The molecular formula is C19H24N2O4. The molecule has 2 fully saturated rings. The molecule has 0 saturated carbocycles. The number of piperidine rings is 1. The normalized spacial score (nSPS) is 23.4. The lowest BCUT2D eigenvalue weighted by Crippen LogP contribution is -2.42. The predicted molar refractivity (Wildman–Crippen MR) is 92.6 cm³/mol. The Morgan fingerprint density at radius 1 is 1.20 bits per heavy atom. The fourth-order valence-corrected chi connectivity index (χ4v) is 4.00. The van der Waals surface area contributed by atoms with Crippen molar-refractivity contribution in [3.63, 3.8) is 0 Å². The number of rotatable bonds is 3. The molecule has 134 valence electrons. The van der Waals surface area contributed by atoms with Crippen molar-refractivity contribution in [2.24, 2.45) is 11.8 Å². The van der Waals surface area contributed by atoms with Crippen LogP contribution in [0.15, 0.2) is 18.2 Å². The van der Waals surface area contributed by atoms with E-state index in [0.29, 0.717) is 24.5 Å². The molecule has 0 aliphatic carbocycles. The van der Waals surface area contributed by atoms with E-state index < -0.39 is 0 Å². The van der Waals surface area contributed by atoms with E-state index in [2.05, 4.69) is 6.92 Å². The summed E-state index contributed by atoms with van der Waals surface area (Å²) in [5, 5.41) is 0. The number of nitrogens with zero attached hydrogens (tertiary/aromatic N) is 2. The van der Waals surface area contributed by atoms with Gasteiger partial charge in [-0.15, -0.1) is 0 Å². The molecule has 3 aliphatic heterocycles. The average Bonchev–Trinajstić information content (AvgIpc) is 3.26. The highest BCUT2D eigenvalue weighted by Gasteiger charge is 2.38. The molecular weight excluding hydrogens is 320 g/mol. The van der Waals surface area contributed by atoms with Gasteiger partial charge in [-0.1, -0.05) is 13.3 Å². The van der Waals surface area contributed by atoms with Gasteiger partial charge in [-0.05, 0) is 30.9 Å². The summed E-state index contributed by atoms with van der Waals surface area (Å²) in [7, 11) is 0. The zero-order chi connectivity index (χ0) is 17.4. The van der Waals surface area contributed by atoms with Crippen molar-refractivity contribution in [2.45, 2.75) is 32.6 Å². The van der Waals surface area contributed by atoms with E-state index in [0.717, 1.165) is 37.5 Å². The van der Waals surface area contributed by atoms with Gasteiger partial charge in [0.15, 0.2) is 11.5 Å². The summed E-state index contributed by atoms with van der Waals surface area (Å²) < 4.78 is 10.7. The van der Waals surface area contributed by atoms with E-state index in [-0.39, 0.29) is 24.5 Å². The molecule has 2 saturated heterocycles. The third-order valence-electron chi connectivity index (χ3n) is 5.65. The Hall–Kier alpha value is -2.24. The second-order valence-electron chi connectivity index (χ2n) is 7.12. The monoisotopic (exact) mass is 344 g/mol. The van der Waals surface area contributed by atoms with Gasteiger partial charge >= 0.3 is 0 Å². The second-order valence-corrected chi connectivity index (χ2v) is 7.12. The maximum Gasteiger partial charge on any atom is 0.231 e. The number of carbonyl (C=O) groups is 2. The van der Waals surface area contributed by atoms with E-state index in [1.54, 1.807) is 4.90 Å². The topological polar surface area (TPSA) is 59.1 Å². The molecule has 1 atom stereocenters. The van der Waals surface area contributed by atoms with Gasteiger partial charge in [0.05, 0.1) is 5.92 Å². The first kappa shape index (κ1) is 16.2. The number of likely N-dealkylation sites (tertiary alicyclic amines) is 1. The molecule has 1 aromatic carbocycles. The second kappa shape index (κ2) is 6.58. The zero-order valence-electron chi connectivity index (χ0n) is 14.6. The number of benzene rings is 1. The summed E-state index contributed by atoms with van der Waals surface area (Å²) in [4.78, 5) is 28.9. The molecule has 0 aromatic heterocycles. The lowest BCUT2D eigenvalue weighted by Gasteiger charge is -2.33. The molecule has 3 aliphatic rings. The minimum absolute atomic E-state index is 0.000611. The summed E-state index contributed by atoms with van der Waals surface area (Å²) in [5.74, 6) is 1.98. The van der Waals surface area contributed by atoms with Gasteiger partial charge in [-0.3, -0.25) is 9.59 Å². The molecule has 6 nitrogen and oxygen atoms in total. The smallest absolute Gasteiger partial charge is 0.231 e. The van der Waals surface area contributed by atoms with Crippen LogP contribution in [0.5, 0.6) is 11.5 Å². The van der Waals surface area contributed by atoms with Crippen molar-refractivity contribution < 1.29 is 19.1 Å². The lowest BCUT2D eigenvalue weighted by atomic mass is 9.93. The van der Waals surface area contributed by atoms with E-state index >= 15 is 0 Å². The number of carbonyl (C=O) groups excluding carboxylic acids is 2. The quantitative estimate of drug-likeness (QED) is 0.845. The number of anilines is 1. The molecule has 0 unspecified atom stereocenters. The highest BCUT2D eigenvalue weighted by molar-refractivity contribution is 6.00. The SMILES string of the molecule is CCC1CCN(C(=O)[C@H]2CC(=O)N(c3ccc4c(c3)OCO4)C2)CC1. The summed E-state index contributed by atoms with van der Waals surface area (Å²) in [6.45, 7) is 4.52. The summed E-state index contributed by atoms with van der Waals surface area (Å²) in [6, 6.07) is 5.49. The van der Waals surface area contributed by atoms with E-state index in [4.69, 9.17) is 9.47 Å². The molecule has 4 rings (SSSR count). The molecule has 25 heavy (non-hydrogen) atoms. The zero-order valence-corrected chi connectivity index (χ0v) is 14.6. The van der Waals surface area contributed by atoms with Crippen LogP contribution in [-0.4, -0.2) is 43.1 Å². The Balaban J connectivity index is 1.43. The molecule has 2 amide bonds. The van der Waals surface area contributed by atoms with Gasteiger partial charge in [0, 0.05) is 37.8 Å². The van der Waals surface area contributed by atoms with Gasteiger partial charge in [0.25, 0.3) is 0 Å². The number of fused-ring (bicyclic) bond motifs is 1. The van der Waals surface area contributed by atoms with E-state index in [1.165, 1.54) is 6.42 Å². The maximum atomic E-state index is 12.8. The van der Waals surface area contributed by atoms with Crippen LogP contribution in [0.4, 0.5) is 5.69 Å². The number of hydrogen-bond acceptors (Lipinski definition) is 4. The van der Waals surface area contributed by atoms with Crippen molar-refractivity contribution >= 4 is 17.5 Å². The van der Waals surface area contributed by atoms with Gasteiger partial charge in [-0.2, -0.15) is 0 Å². The molecule has 0 N–H and O–H groups in total. The molecule has 0 radical (unpaired) electrons. The standard InChI is InChI=1S/C19H24N2O4/c1-2-13-5-7-20(8-6-13)19(23)14-9-18(22)21(11-14)15-3-4-16-17(10-15)25-12-24-16/h3-4,10,13-14H,2,5-9,11-12H2,1H3/t14-/m0/s1. The van der Waals surface area contributed by atoms with Gasteiger partial charge in [0.2, 0.25) is 18.6 Å². The first-order valence-electron chi connectivity index (χ1n) is 9.14. The first-order chi connectivity index (χ1) is 12.2. The Bertz CT molecular complexity index is 682. The minimum Gasteiger partial charge on any atom is -0.454 e. The third-order valence-corrected chi connectivity index (χ3v) is 5.65. The fraction of sp³-hybridized carbons (Fsp3) is 0.579.